The van der Waals surface area contributed by atoms with Gasteiger partial charge in [0.25, 0.3) is 11.2 Å². The third kappa shape index (κ3) is 4.74. The van der Waals surface area contributed by atoms with E-state index >= 15 is 0 Å². The molecule has 0 aliphatic carbocycles. The molecule has 31 heavy (non-hydrogen) atoms. The number of aliphatic hydroxyl groups is 1. The first kappa shape index (κ1) is 21.0. The first-order chi connectivity index (χ1) is 14.9. The monoisotopic (exact) mass is 457 g/mol. The van der Waals surface area contributed by atoms with Gasteiger partial charge >= 0.3 is 0 Å². The van der Waals surface area contributed by atoms with Crippen LogP contribution in [0.3, 0.4) is 0 Å². The number of ether oxygens (including phenoxy) is 1. The van der Waals surface area contributed by atoms with Gasteiger partial charge in [-0.05, 0) is 29.8 Å². The molecule has 8 nitrogen and oxygen atoms in total. The van der Waals surface area contributed by atoms with Crippen molar-refractivity contribution in [2.75, 3.05) is 6.61 Å². The number of aliphatic hydroxyl groups excluding tert-OH is 1. The van der Waals surface area contributed by atoms with Gasteiger partial charge in [0.2, 0.25) is 0 Å². The van der Waals surface area contributed by atoms with Gasteiger partial charge in [-0.25, -0.2) is 4.98 Å². The Morgan fingerprint density at radius 1 is 1.23 bits per heavy atom. The van der Waals surface area contributed by atoms with Gasteiger partial charge in [-0.3, -0.25) is 19.5 Å². The van der Waals surface area contributed by atoms with Gasteiger partial charge in [-0.15, -0.1) is 11.3 Å². The summed E-state index contributed by atoms with van der Waals surface area (Å²) in [6.45, 7) is -0.156. The van der Waals surface area contributed by atoms with E-state index in [-0.39, 0.29) is 30.1 Å². The molecule has 4 aromatic rings. The van der Waals surface area contributed by atoms with Crippen LogP contribution in [-0.2, 0) is 6.54 Å². The predicted octanol–water partition coefficient (Wildman–Crippen LogP) is 4.13. The standard InChI is InChI=1S/C21H16ClN3O5S/c22-14-6-4-13(5-7-14)19-9-18-20(31-19)21(27)24(12-23-18)10-16(26)11-30-17-3-1-2-15(8-17)25(28)29/h1-9,12,16,26H,10-11H2. The molecule has 2 heterocycles. The maximum absolute atomic E-state index is 12.8. The fourth-order valence-corrected chi connectivity index (χ4v) is 4.18. The highest BCUT2D eigenvalue weighted by atomic mass is 35.5. The molecule has 0 amide bonds. The molecule has 0 aliphatic rings. The molecule has 10 heteroatoms. The summed E-state index contributed by atoms with van der Waals surface area (Å²) in [7, 11) is 0. The molecule has 0 fully saturated rings. The number of thiophene rings is 1. The molecule has 4 rings (SSSR count). The Labute approximate surface area is 185 Å². The van der Waals surface area contributed by atoms with Crippen molar-refractivity contribution in [2.24, 2.45) is 0 Å². The molecular formula is C21H16ClN3O5S. The van der Waals surface area contributed by atoms with Crippen molar-refractivity contribution >= 4 is 38.8 Å². The normalized spacial score (nSPS) is 12.1. The van der Waals surface area contributed by atoms with Crippen LogP contribution in [0.4, 0.5) is 5.69 Å². The number of hydrogen-bond acceptors (Lipinski definition) is 7. The van der Waals surface area contributed by atoms with Crippen molar-refractivity contribution in [1.82, 2.24) is 9.55 Å². The van der Waals surface area contributed by atoms with Crippen LogP contribution in [0.2, 0.25) is 5.02 Å². The molecule has 0 saturated carbocycles. The summed E-state index contributed by atoms with van der Waals surface area (Å²) in [6.07, 6.45) is 0.381. The van der Waals surface area contributed by atoms with Crippen molar-refractivity contribution in [3.63, 3.8) is 0 Å². The van der Waals surface area contributed by atoms with Gasteiger partial charge in [0.05, 0.1) is 29.4 Å². The molecule has 0 spiro atoms. The Hall–Kier alpha value is -3.27. The Morgan fingerprint density at radius 3 is 2.74 bits per heavy atom. The molecular weight excluding hydrogens is 442 g/mol. The minimum absolute atomic E-state index is 0.0229. The summed E-state index contributed by atoms with van der Waals surface area (Å²) in [4.78, 5) is 28.4. The van der Waals surface area contributed by atoms with Crippen molar-refractivity contribution in [3.8, 4) is 16.2 Å². The molecule has 1 atom stereocenters. The highest BCUT2D eigenvalue weighted by molar-refractivity contribution is 7.22. The minimum atomic E-state index is -1.01. The summed E-state index contributed by atoms with van der Waals surface area (Å²) in [5.41, 5.74) is 1.15. The number of halogens is 1. The van der Waals surface area contributed by atoms with Gasteiger partial charge < -0.3 is 9.84 Å². The zero-order valence-electron chi connectivity index (χ0n) is 16.0. The van der Waals surface area contributed by atoms with Crippen molar-refractivity contribution in [3.05, 3.63) is 86.4 Å². The second kappa shape index (κ2) is 8.84. The first-order valence-electron chi connectivity index (χ1n) is 9.21. The number of nitro benzene ring substituents is 1. The second-order valence-electron chi connectivity index (χ2n) is 6.75. The maximum atomic E-state index is 12.8. The van der Waals surface area contributed by atoms with Crippen LogP contribution in [0.5, 0.6) is 5.75 Å². The van der Waals surface area contributed by atoms with Crippen LogP contribution in [0.25, 0.3) is 20.7 Å². The zero-order chi connectivity index (χ0) is 22.0. The molecule has 1 unspecified atom stereocenters. The maximum Gasteiger partial charge on any atom is 0.273 e. The first-order valence-corrected chi connectivity index (χ1v) is 10.4. The lowest BCUT2D eigenvalue weighted by atomic mass is 10.2. The number of nitrogens with zero attached hydrogens (tertiary/aromatic N) is 3. The number of non-ortho nitro benzene ring substituents is 1. The molecule has 2 aromatic carbocycles. The summed E-state index contributed by atoms with van der Waals surface area (Å²) in [6, 6.07) is 14.8. The fraction of sp³-hybridized carbons (Fsp3) is 0.143. The van der Waals surface area contributed by atoms with E-state index in [1.807, 2.05) is 18.2 Å². The summed E-state index contributed by atoms with van der Waals surface area (Å²) in [5.74, 6) is 0.264. The lowest BCUT2D eigenvalue weighted by molar-refractivity contribution is -0.384. The average Bonchev–Trinajstić information content (AvgIpc) is 3.20. The number of nitro groups is 1. The van der Waals surface area contributed by atoms with E-state index in [4.69, 9.17) is 16.3 Å². The lowest BCUT2D eigenvalue weighted by Gasteiger charge is -2.13. The zero-order valence-corrected chi connectivity index (χ0v) is 17.5. The van der Waals surface area contributed by atoms with Crippen LogP contribution in [0, 0.1) is 10.1 Å². The van der Waals surface area contributed by atoms with Crippen LogP contribution < -0.4 is 10.3 Å². The number of rotatable bonds is 7. The molecule has 0 aliphatic heterocycles. The Kier molecular flexibility index (Phi) is 5.99. The number of fused-ring (bicyclic) bond motifs is 1. The molecule has 0 bridgehead atoms. The average molecular weight is 458 g/mol. The van der Waals surface area contributed by atoms with E-state index in [0.717, 1.165) is 10.4 Å². The van der Waals surface area contributed by atoms with Crippen molar-refractivity contribution < 1.29 is 14.8 Å². The molecule has 2 aromatic heterocycles. The highest BCUT2D eigenvalue weighted by Gasteiger charge is 2.14. The summed E-state index contributed by atoms with van der Waals surface area (Å²) in [5, 5.41) is 21.8. The Balaban J connectivity index is 1.48. The van der Waals surface area contributed by atoms with E-state index in [2.05, 4.69) is 4.98 Å². The van der Waals surface area contributed by atoms with Crippen LogP contribution in [0.15, 0.2) is 65.7 Å². The van der Waals surface area contributed by atoms with E-state index in [0.29, 0.717) is 15.2 Å². The minimum Gasteiger partial charge on any atom is -0.491 e. The Morgan fingerprint density at radius 2 is 2.00 bits per heavy atom. The van der Waals surface area contributed by atoms with Gasteiger partial charge in [0.1, 0.15) is 23.2 Å². The summed E-state index contributed by atoms with van der Waals surface area (Å²) < 4.78 is 7.24. The SMILES string of the molecule is O=c1c2sc(-c3ccc(Cl)cc3)cc2ncn1CC(O)COc1cccc([N+](=O)[O-])c1. The van der Waals surface area contributed by atoms with E-state index in [1.165, 1.54) is 40.4 Å². The van der Waals surface area contributed by atoms with Crippen LogP contribution in [-0.4, -0.2) is 32.3 Å². The second-order valence-corrected chi connectivity index (χ2v) is 8.24. The fourth-order valence-electron chi connectivity index (χ4n) is 2.99. The van der Waals surface area contributed by atoms with Crippen LogP contribution in [0.1, 0.15) is 0 Å². The number of aromatic nitrogens is 2. The van der Waals surface area contributed by atoms with E-state index < -0.39 is 11.0 Å². The topological polar surface area (TPSA) is 107 Å². The highest BCUT2D eigenvalue weighted by Crippen LogP contribution is 2.31. The Bertz CT molecular complexity index is 1300. The van der Waals surface area contributed by atoms with Gasteiger partial charge in [-0.2, -0.15) is 0 Å². The number of benzene rings is 2. The lowest BCUT2D eigenvalue weighted by Crippen LogP contribution is -2.30. The third-order valence-corrected chi connectivity index (χ3v) is 5.92. The smallest absolute Gasteiger partial charge is 0.273 e. The van der Waals surface area contributed by atoms with E-state index in [1.54, 1.807) is 18.2 Å². The third-order valence-electron chi connectivity index (χ3n) is 4.51. The molecule has 1 N–H and O–H groups in total. The molecule has 158 valence electrons. The largest absolute Gasteiger partial charge is 0.491 e. The number of hydrogen-bond donors (Lipinski definition) is 1. The van der Waals surface area contributed by atoms with Crippen LogP contribution >= 0.6 is 22.9 Å². The van der Waals surface area contributed by atoms with Gasteiger partial charge in [0, 0.05) is 16.0 Å². The molecule has 0 saturated heterocycles. The van der Waals surface area contributed by atoms with E-state index in [9.17, 15) is 20.0 Å². The van der Waals surface area contributed by atoms with Gasteiger partial charge in [0.15, 0.2) is 0 Å². The van der Waals surface area contributed by atoms with Gasteiger partial charge in [-0.1, -0.05) is 29.8 Å². The predicted molar refractivity (Wildman–Crippen MR) is 119 cm³/mol. The molecule has 0 radical (unpaired) electrons. The van der Waals surface area contributed by atoms with Crippen molar-refractivity contribution in [1.29, 1.82) is 0 Å². The quantitative estimate of drug-likeness (QED) is 0.330. The van der Waals surface area contributed by atoms with Crippen molar-refractivity contribution in [2.45, 2.75) is 12.6 Å². The summed E-state index contributed by atoms with van der Waals surface area (Å²) >= 11 is 7.26.